The maximum atomic E-state index is 11.2. The topological polar surface area (TPSA) is 55.2 Å². The molecule has 112 valence electrons. The number of benzene rings is 1. The van der Waals surface area contributed by atoms with E-state index in [0.717, 1.165) is 19.4 Å². The Morgan fingerprint density at radius 3 is 2.40 bits per heavy atom. The number of nitrogens with one attached hydrogen (secondary N) is 1. The van der Waals surface area contributed by atoms with Crippen molar-refractivity contribution in [1.82, 2.24) is 5.32 Å². The minimum atomic E-state index is -0.396. The van der Waals surface area contributed by atoms with Gasteiger partial charge in [0.25, 0.3) is 5.69 Å². The molecule has 0 bridgehead atoms. The Labute approximate surface area is 129 Å². The molecule has 0 aromatic heterocycles. The summed E-state index contributed by atoms with van der Waals surface area (Å²) in [5.41, 5.74) is 0.680. The van der Waals surface area contributed by atoms with Crippen molar-refractivity contribution in [2.24, 2.45) is 0 Å². The van der Waals surface area contributed by atoms with Crippen LogP contribution >= 0.6 is 23.2 Å². The highest BCUT2D eigenvalue weighted by Crippen LogP contribution is 2.37. The SMILES string of the molecule is CCCNC(C)C(CC)c1cc(Cl)c(Cl)cc1[N+](=O)[O-]. The lowest BCUT2D eigenvalue weighted by atomic mass is 9.88. The standard InChI is InChI=1S/C14H20Cl2N2O2/c1-4-6-17-9(3)10(5-2)11-7-12(15)13(16)8-14(11)18(19)20/h7-10,17H,4-6H2,1-3H3. The van der Waals surface area contributed by atoms with Crippen LogP contribution in [-0.2, 0) is 0 Å². The Balaban J connectivity index is 3.19. The van der Waals surface area contributed by atoms with Gasteiger partial charge in [-0.05, 0) is 32.4 Å². The largest absolute Gasteiger partial charge is 0.314 e. The van der Waals surface area contributed by atoms with Gasteiger partial charge in [-0.1, -0.05) is 37.0 Å². The summed E-state index contributed by atoms with van der Waals surface area (Å²) >= 11 is 11.9. The number of nitro groups is 1. The van der Waals surface area contributed by atoms with Crippen LogP contribution in [0, 0.1) is 10.1 Å². The second-order valence-corrected chi connectivity index (χ2v) is 5.65. The molecule has 6 heteroatoms. The number of nitrogens with zero attached hydrogens (tertiary/aromatic N) is 1. The van der Waals surface area contributed by atoms with Crippen LogP contribution in [0.1, 0.15) is 45.1 Å². The van der Waals surface area contributed by atoms with Crippen molar-refractivity contribution in [3.05, 3.63) is 37.9 Å². The lowest BCUT2D eigenvalue weighted by Crippen LogP contribution is -2.32. The first-order valence-corrected chi connectivity index (χ1v) is 7.54. The summed E-state index contributed by atoms with van der Waals surface area (Å²) in [5.74, 6) is 0.0247. The average molecular weight is 319 g/mol. The first-order valence-electron chi connectivity index (χ1n) is 6.79. The monoisotopic (exact) mass is 318 g/mol. The average Bonchev–Trinajstić information content (AvgIpc) is 2.40. The van der Waals surface area contributed by atoms with E-state index in [2.05, 4.69) is 12.2 Å². The zero-order valence-electron chi connectivity index (χ0n) is 12.0. The van der Waals surface area contributed by atoms with Gasteiger partial charge in [0, 0.05) is 23.6 Å². The highest BCUT2D eigenvalue weighted by atomic mass is 35.5. The summed E-state index contributed by atoms with van der Waals surface area (Å²) in [6.07, 6.45) is 1.81. The van der Waals surface area contributed by atoms with Gasteiger partial charge in [-0.3, -0.25) is 10.1 Å². The molecule has 20 heavy (non-hydrogen) atoms. The molecule has 0 aliphatic heterocycles. The molecule has 0 saturated carbocycles. The van der Waals surface area contributed by atoms with Crippen LogP contribution in [0.25, 0.3) is 0 Å². The molecule has 0 fully saturated rings. The first kappa shape index (κ1) is 17.2. The second-order valence-electron chi connectivity index (χ2n) is 4.84. The van der Waals surface area contributed by atoms with Crippen LogP contribution < -0.4 is 5.32 Å². The normalized spacial score (nSPS) is 14.1. The van der Waals surface area contributed by atoms with Crippen molar-refractivity contribution >= 4 is 28.9 Å². The maximum Gasteiger partial charge on any atom is 0.274 e. The minimum absolute atomic E-state index is 0.0247. The Hall–Kier alpha value is -0.840. The molecule has 2 atom stereocenters. The van der Waals surface area contributed by atoms with Crippen LogP contribution in [0.3, 0.4) is 0 Å². The van der Waals surface area contributed by atoms with Crippen molar-refractivity contribution in [3.8, 4) is 0 Å². The van der Waals surface area contributed by atoms with E-state index in [4.69, 9.17) is 23.2 Å². The number of hydrogen-bond acceptors (Lipinski definition) is 3. The third kappa shape index (κ3) is 4.08. The summed E-state index contributed by atoms with van der Waals surface area (Å²) in [6.45, 7) is 7.02. The fraction of sp³-hybridized carbons (Fsp3) is 0.571. The highest BCUT2D eigenvalue weighted by molar-refractivity contribution is 6.42. The summed E-state index contributed by atoms with van der Waals surface area (Å²) in [4.78, 5) is 10.8. The van der Waals surface area contributed by atoms with E-state index in [1.807, 2.05) is 13.8 Å². The summed E-state index contributed by atoms with van der Waals surface area (Å²) < 4.78 is 0. The predicted octanol–water partition coefficient (Wildman–Crippen LogP) is 4.78. The van der Waals surface area contributed by atoms with E-state index in [1.165, 1.54) is 6.07 Å². The van der Waals surface area contributed by atoms with Gasteiger partial charge in [0.1, 0.15) is 0 Å². The van der Waals surface area contributed by atoms with Crippen LogP contribution in [0.5, 0.6) is 0 Å². The Bertz CT molecular complexity index is 480. The van der Waals surface area contributed by atoms with E-state index < -0.39 is 4.92 Å². The molecule has 0 aliphatic carbocycles. The number of halogens is 2. The molecule has 0 saturated heterocycles. The minimum Gasteiger partial charge on any atom is -0.314 e. The molecule has 4 nitrogen and oxygen atoms in total. The van der Waals surface area contributed by atoms with Crippen molar-refractivity contribution in [3.63, 3.8) is 0 Å². The lowest BCUT2D eigenvalue weighted by molar-refractivity contribution is -0.385. The smallest absolute Gasteiger partial charge is 0.274 e. The van der Waals surface area contributed by atoms with E-state index in [-0.39, 0.29) is 22.7 Å². The van der Waals surface area contributed by atoms with Gasteiger partial charge in [-0.25, -0.2) is 0 Å². The summed E-state index contributed by atoms with van der Waals surface area (Å²) in [5, 5.41) is 15.2. The van der Waals surface area contributed by atoms with Gasteiger partial charge in [-0.15, -0.1) is 0 Å². The van der Waals surface area contributed by atoms with Crippen LogP contribution in [0.2, 0.25) is 10.0 Å². The predicted molar refractivity (Wildman–Crippen MR) is 83.9 cm³/mol. The molecule has 0 heterocycles. The molecular formula is C14H20Cl2N2O2. The van der Waals surface area contributed by atoms with E-state index in [9.17, 15) is 10.1 Å². The van der Waals surface area contributed by atoms with E-state index in [1.54, 1.807) is 6.07 Å². The van der Waals surface area contributed by atoms with Crippen molar-refractivity contribution in [2.75, 3.05) is 6.54 Å². The van der Waals surface area contributed by atoms with Crippen molar-refractivity contribution in [2.45, 2.75) is 45.6 Å². The van der Waals surface area contributed by atoms with Gasteiger partial charge in [0.15, 0.2) is 0 Å². The molecular weight excluding hydrogens is 299 g/mol. The number of nitro benzene ring substituents is 1. The molecule has 2 unspecified atom stereocenters. The van der Waals surface area contributed by atoms with Crippen LogP contribution in [0.15, 0.2) is 12.1 Å². The van der Waals surface area contributed by atoms with Crippen molar-refractivity contribution in [1.29, 1.82) is 0 Å². The summed E-state index contributed by atoms with van der Waals surface area (Å²) in [6, 6.07) is 3.10. The summed E-state index contributed by atoms with van der Waals surface area (Å²) in [7, 11) is 0. The molecule has 1 aromatic rings. The first-order chi connectivity index (χ1) is 9.42. The Morgan fingerprint density at radius 2 is 1.90 bits per heavy atom. The molecule has 0 aliphatic rings. The van der Waals surface area contributed by atoms with Crippen molar-refractivity contribution < 1.29 is 4.92 Å². The Morgan fingerprint density at radius 1 is 1.30 bits per heavy atom. The quantitative estimate of drug-likeness (QED) is 0.581. The van der Waals surface area contributed by atoms with Gasteiger partial charge in [-0.2, -0.15) is 0 Å². The third-order valence-corrected chi connectivity index (χ3v) is 4.15. The fourth-order valence-electron chi connectivity index (χ4n) is 2.36. The zero-order chi connectivity index (χ0) is 15.3. The molecule has 1 N–H and O–H groups in total. The van der Waals surface area contributed by atoms with Gasteiger partial charge < -0.3 is 5.32 Å². The zero-order valence-corrected chi connectivity index (χ0v) is 13.5. The molecule has 1 rings (SSSR count). The lowest BCUT2D eigenvalue weighted by Gasteiger charge is -2.24. The van der Waals surface area contributed by atoms with E-state index in [0.29, 0.717) is 10.6 Å². The highest BCUT2D eigenvalue weighted by Gasteiger charge is 2.26. The van der Waals surface area contributed by atoms with Crippen LogP contribution in [-0.4, -0.2) is 17.5 Å². The fourth-order valence-corrected chi connectivity index (χ4v) is 2.69. The second kappa shape index (κ2) is 7.81. The van der Waals surface area contributed by atoms with Gasteiger partial charge in [0.2, 0.25) is 0 Å². The van der Waals surface area contributed by atoms with Gasteiger partial charge >= 0.3 is 0 Å². The molecule has 0 amide bonds. The maximum absolute atomic E-state index is 11.2. The molecule has 0 spiro atoms. The molecule has 0 radical (unpaired) electrons. The number of hydrogen-bond donors (Lipinski definition) is 1. The van der Waals surface area contributed by atoms with E-state index >= 15 is 0 Å². The number of rotatable bonds is 7. The third-order valence-electron chi connectivity index (χ3n) is 3.43. The van der Waals surface area contributed by atoms with Crippen LogP contribution in [0.4, 0.5) is 5.69 Å². The molecule has 1 aromatic carbocycles. The van der Waals surface area contributed by atoms with Gasteiger partial charge in [0.05, 0.1) is 15.0 Å². The Kier molecular flexibility index (Phi) is 6.72.